The summed E-state index contributed by atoms with van der Waals surface area (Å²) >= 11 is 0. The lowest BCUT2D eigenvalue weighted by atomic mass is 9.96. The van der Waals surface area contributed by atoms with E-state index in [2.05, 4.69) is 57.4 Å². The molecular formula is C18H25N5. The maximum absolute atomic E-state index is 4.81. The largest absolute Gasteiger partial charge is 0.357 e. The molecule has 1 fully saturated rings. The number of rotatable bonds is 7. The summed E-state index contributed by atoms with van der Waals surface area (Å²) in [6.07, 6.45) is 8.07. The Morgan fingerprint density at radius 3 is 2.74 bits per heavy atom. The van der Waals surface area contributed by atoms with Gasteiger partial charge in [0.15, 0.2) is 5.96 Å². The molecule has 5 nitrogen and oxygen atoms in total. The van der Waals surface area contributed by atoms with Gasteiger partial charge in [0.25, 0.3) is 0 Å². The molecule has 0 spiro atoms. The van der Waals surface area contributed by atoms with E-state index in [0.29, 0.717) is 0 Å². The zero-order valence-corrected chi connectivity index (χ0v) is 13.7. The Balaban J connectivity index is 1.56. The molecule has 1 aromatic heterocycles. The Morgan fingerprint density at radius 1 is 1.26 bits per heavy atom. The fourth-order valence-corrected chi connectivity index (χ4v) is 2.78. The SMILES string of the molecule is CCNC(=NCC1(c2ccccc2)CC1)NCCn1ccnc1. The van der Waals surface area contributed by atoms with Gasteiger partial charge in [0.1, 0.15) is 0 Å². The van der Waals surface area contributed by atoms with Gasteiger partial charge in [0.05, 0.1) is 12.9 Å². The molecule has 0 atom stereocenters. The zero-order chi connectivity index (χ0) is 16.0. The minimum Gasteiger partial charge on any atom is -0.357 e. The van der Waals surface area contributed by atoms with E-state index >= 15 is 0 Å². The van der Waals surface area contributed by atoms with Crippen molar-refractivity contribution < 1.29 is 0 Å². The van der Waals surface area contributed by atoms with Crippen LogP contribution in [0.2, 0.25) is 0 Å². The van der Waals surface area contributed by atoms with Gasteiger partial charge >= 0.3 is 0 Å². The van der Waals surface area contributed by atoms with E-state index in [1.54, 1.807) is 6.20 Å². The van der Waals surface area contributed by atoms with Gasteiger partial charge in [-0.3, -0.25) is 4.99 Å². The highest BCUT2D eigenvalue weighted by Gasteiger charge is 2.43. The summed E-state index contributed by atoms with van der Waals surface area (Å²) in [6, 6.07) is 10.8. The molecule has 1 aromatic carbocycles. The lowest BCUT2D eigenvalue weighted by molar-refractivity contribution is 0.653. The molecule has 5 heteroatoms. The molecule has 23 heavy (non-hydrogen) atoms. The highest BCUT2D eigenvalue weighted by molar-refractivity contribution is 5.79. The smallest absolute Gasteiger partial charge is 0.191 e. The van der Waals surface area contributed by atoms with E-state index in [9.17, 15) is 0 Å². The van der Waals surface area contributed by atoms with Crippen molar-refractivity contribution in [2.45, 2.75) is 31.7 Å². The first-order valence-corrected chi connectivity index (χ1v) is 8.36. The first kappa shape index (κ1) is 15.6. The minimum atomic E-state index is 0.258. The quantitative estimate of drug-likeness (QED) is 0.609. The van der Waals surface area contributed by atoms with Crippen molar-refractivity contribution in [1.29, 1.82) is 0 Å². The van der Waals surface area contributed by atoms with E-state index in [-0.39, 0.29) is 5.41 Å². The average Bonchev–Trinajstić information content (AvgIpc) is 3.21. The Kier molecular flexibility index (Phi) is 4.95. The van der Waals surface area contributed by atoms with Crippen LogP contribution in [0.5, 0.6) is 0 Å². The number of hydrogen-bond donors (Lipinski definition) is 2. The molecule has 2 N–H and O–H groups in total. The molecule has 0 aliphatic heterocycles. The van der Waals surface area contributed by atoms with Gasteiger partial charge in [-0.05, 0) is 25.3 Å². The summed E-state index contributed by atoms with van der Waals surface area (Å²) in [5.74, 6) is 0.898. The standard InChI is InChI=1S/C18H25N5/c1-2-20-17(21-11-13-23-12-10-19-15-23)22-14-18(8-9-18)16-6-4-3-5-7-16/h3-7,10,12,15H,2,8-9,11,13-14H2,1H3,(H2,20,21,22). The van der Waals surface area contributed by atoms with E-state index in [0.717, 1.165) is 32.1 Å². The fourth-order valence-electron chi connectivity index (χ4n) is 2.78. The summed E-state index contributed by atoms with van der Waals surface area (Å²) in [6.45, 7) is 5.53. The van der Waals surface area contributed by atoms with Crippen molar-refractivity contribution in [2.24, 2.45) is 4.99 Å². The Hall–Kier alpha value is -2.30. The molecule has 0 radical (unpaired) electrons. The lowest BCUT2D eigenvalue weighted by Crippen LogP contribution is -2.39. The van der Waals surface area contributed by atoms with Crippen LogP contribution in [0.15, 0.2) is 54.0 Å². The van der Waals surface area contributed by atoms with Crippen LogP contribution in [0.4, 0.5) is 0 Å². The third kappa shape index (κ3) is 4.12. The van der Waals surface area contributed by atoms with Crippen LogP contribution in [0, 0.1) is 0 Å². The van der Waals surface area contributed by atoms with Crippen molar-refractivity contribution in [1.82, 2.24) is 20.2 Å². The van der Waals surface area contributed by atoms with E-state index in [1.165, 1.54) is 18.4 Å². The number of benzene rings is 1. The van der Waals surface area contributed by atoms with E-state index < -0.39 is 0 Å². The third-order valence-corrected chi connectivity index (χ3v) is 4.35. The van der Waals surface area contributed by atoms with Crippen LogP contribution in [0.1, 0.15) is 25.3 Å². The maximum Gasteiger partial charge on any atom is 0.191 e. The van der Waals surface area contributed by atoms with E-state index in [1.807, 2.05) is 12.5 Å². The van der Waals surface area contributed by atoms with Crippen molar-refractivity contribution in [3.63, 3.8) is 0 Å². The average molecular weight is 311 g/mol. The minimum absolute atomic E-state index is 0.258. The summed E-state index contributed by atoms with van der Waals surface area (Å²) in [5, 5.41) is 6.73. The predicted molar refractivity (Wildman–Crippen MR) is 93.6 cm³/mol. The van der Waals surface area contributed by atoms with Crippen LogP contribution in [0.25, 0.3) is 0 Å². The molecule has 0 unspecified atom stereocenters. The summed E-state index contributed by atoms with van der Waals surface area (Å²) in [5.41, 5.74) is 1.67. The topological polar surface area (TPSA) is 54.2 Å². The molecule has 0 bridgehead atoms. The van der Waals surface area contributed by atoms with E-state index in [4.69, 9.17) is 4.99 Å². The number of aromatic nitrogens is 2. The third-order valence-electron chi connectivity index (χ3n) is 4.35. The molecule has 1 saturated carbocycles. The molecule has 3 rings (SSSR count). The maximum atomic E-state index is 4.81. The normalized spacial score (nSPS) is 16.1. The van der Waals surface area contributed by atoms with Crippen LogP contribution >= 0.6 is 0 Å². The van der Waals surface area contributed by atoms with Gasteiger partial charge in [-0.25, -0.2) is 4.98 Å². The molecule has 2 aromatic rings. The highest BCUT2D eigenvalue weighted by Crippen LogP contribution is 2.48. The second kappa shape index (κ2) is 7.31. The monoisotopic (exact) mass is 311 g/mol. The number of aliphatic imine (C=N–C) groups is 1. The lowest BCUT2D eigenvalue weighted by Gasteiger charge is -2.16. The Morgan fingerprint density at radius 2 is 2.09 bits per heavy atom. The number of nitrogens with one attached hydrogen (secondary N) is 2. The first-order chi connectivity index (χ1) is 11.3. The highest BCUT2D eigenvalue weighted by atomic mass is 15.2. The predicted octanol–water partition coefficient (Wildman–Crippen LogP) is 2.17. The van der Waals surface area contributed by atoms with Crippen LogP contribution in [-0.2, 0) is 12.0 Å². The van der Waals surface area contributed by atoms with Crippen molar-refractivity contribution in [3.8, 4) is 0 Å². The van der Waals surface area contributed by atoms with Crippen LogP contribution in [-0.4, -0.2) is 35.1 Å². The molecular weight excluding hydrogens is 286 g/mol. The Labute approximate surface area is 137 Å². The van der Waals surface area contributed by atoms with Crippen molar-refractivity contribution in [2.75, 3.05) is 19.6 Å². The van der Waals surface area contributed by atoms with Gasteiger partial charge in [0, 0.05) is 37.4 Å². The molecule has 0 amide bonds. The van der Waals surface area contributed by atoms with Crippen molar-refractivity contribution >= 4 is 5.96 Å². The summed E-state index contributed by atoms with van der Waals surface area (Å²) in [4.78, 5) is 8.87. The van der Waals surface area contributed by atoms with Gasteiger partial charge in [0.2, 0.25) is 0 Å². The Bertz CT molecular complexity index is 614. The first-order valence-electron chi connectivity index (χ1n) is 8.36. The molecule has 1 aliphatic rings. The van der Waals surface area contributed by atoms with Gasteiger partial charge < -0.3 is 15.2 Å². The van der Waals surface area contributed by atoms with Gasteiger partial charge in [-0.1, -0.05) is 30.3 Å². The zero-order valence-electron chi connectivity index (χ0n) is 13.7. The molecule has 1 heterocycles. The molecule has 122 valence electrons. The van der Waals surface area contributed by atoms with Gasteiger partial charge in [-0.15, -0.1) is 0 Å². The number of hydrogen-bond acceptors (Lipinski definition) is 2. The molecule has 1 aliphatic carbocycles. The fraction of sp³-hybridized carbons (Fsp3) is 0.444. The number of nitrogens with zero attached hydrogens (tertiary/aromatic N) is 3. The van der Waals surface area contributed by atoms with Crippen LogP contribution < -0.4 is 10.6 Å². The number of guanidine groups is 1. The number of imidazole rings is 1. The van der Waals surface area contributed by atoms with Gasteiger partial charge in [-0.2, -0.15) is 0 Å². The van der Waals surface area contributed by atoms with Crippen LogP contribution in [0.3, 0.4) is 0 Å². The summed E-state index contributed by atoms with van der Waals surface area (Å²) in [7, 11) is 0. The summed E-state index contributed by atoms with van der Waals surface area (Å²) < 4.78 is 2.06. The van der Waals surface area contributed by atoms with Crippen molar-refractivity contribution in [3.05, 3.63) is 54.6 Å². The second-order valence-corrected chi connectivity index (χ2v) is 6.07. The molecule has 0 saturated heterocycles. The second-order valence-electron chi connectivity index (χ2n) is 6.07.